The first-order chi connectivity index (χ1) is 72.9. The molecule has 0 spiro atoms. The number of aromatic nitrogens is 9. The zero-order chi connectivity index (χ0) is 97.5. The summed E-state index contributed by atoms with van der Waals surface area (Å²) in [6.07, 6.45) is 0. The predicted octanol–water partition coefficient (Wildman–Crippen LogP) is 35.4. The van der Waals surface area contributed by atoms with Crippen LogP contribution in [0.2, 0.25) is 0 Å². The molecule has 0 amide bonds. The molecule has 0 aliphatic carbocycles. The molecule has 0 radical (unpaired) electrons. The summed E-state index contributed by atoms with van der Waals surface area (Å²) in [6, 6.07) is 178. The van der Waals surface area contributed by atoms with Gasteiger partial charge in [-0.1, -0.05) is 467 Å². The Labute approximate surface area is 846 Å². The lowest BCUT2D eigenvalue weighted by Gasteiger charge is -2.11. The summed E-state index contributed by atoms with van der Waals surface area (Å²) in [5, 5.41) is 13.5. The molecule has 0 N–H and O–H groups in total. The van der Waals surface area contributed by atoms with Gasteiger partial charge in [-0.2, -0.15) is 0 Å². The summed E-state index contributed by atoms with van der Waals surface area (Å²) in [5.41, 5.74) is 29.7. The maximum Gasteiger partial charge on any atom is 0.164 e. The van der Waals surface area contributed by atoms with Crippen LogP contribution in [0.25, 0.3) is 279 Å². The quantitative estimate of drug-likeness (QED) is 0.0904. The van der Waals surface area contributed by atoms with Gasteiger partial charge in [-0.3, -0.25) is 0 Å². The van der Waals surface area contributed by atoms with Gasteiger partial charge >= 0.3 is 0 Å². The van der Waals surface area contributed by atoms with E-state index in [4.69, 9.17) is 58.1 Å². The fraction of sp³-hybridized carbons (Fsp3) is 0. The second-order valence-electron chi connectivity index (χ2n) is 36.4. The summed E-state index contributed by atoms with van der Waals surface area (Å²) in [4.78, 5) is 44.5. The van der Waals surface area contributed by atoms with Gasteiger partial charge in [0.2, 0.25) is 0 Å². The van der Waals surface area contributed by atoms with Crippen LogP contribution in [0, 0.1) is 0 Å². The Balaban J connectivity index is 0.000000112. The topological polar surface area (TPSA) is 155 Å². The van der Waals surface area contributed by atoms with Gasteiger partial charge in [0.25, 0.3) is 0 Å². The average Bonchev–Trinajstić information content (AvgIpc) is 1.59. The van der Waals surface area contributed by atoms with Crippen LogP contribution in [0.15, 0.2) is 529 Å². The SMILES string of the molecule is c1ccc(-c2cccc(-c3nc(-c4ccccc4)nc(-c4ccc(-c5cccc6oc7c8ccccc8c(-c8ccccc8)cc7c56)cc4)n3)c2)cc1.c1ccc(-c2nc(-c3ccccc3)nc(-c3ccc(-c4cccc5oc6c7ccccc7c(-c7ccccc7)cc6c45)cc3)n2)cc1.c1ccc(-c2nc(-c3ccccc3)nc(-c3cccc(-c4cccc5oc6c7ccccc7c(-c7ccccc7)cc6c45)c3)n2)cc1. The van der Waals surface area contributed by atoms with Crippen molar-refractivity contribution in [3.05, 3.63) is 516 Å². The highest BCUT2D eigenvalue weighted by Crippen LogP contribution is 2.49. The van der Waals surface area contributed by atoms with E-state index in [1.807, 2.05) is 158 Å². The smallest absolute Gasteiger partial charge is 0.164 e. The molecule has 0 aliphatic rings. The van der Waals surface area contributed by atoms with Gasteiger partial charge in [0, 0.05) is 98.5 Å². The van der Waals surface area contributed by atoms with Crippen molar-refractivity contribution in [3.8, 4) is 180 Å². The van der Waals surface area contributed by atoms with Gasteiger partial charge in [0.05, 0.1) is 0 Å². The molecular weight excluding hydrogens is 1800 g/mol. The van der Waals surface area contributed by atoms with Gasteiger partial charge in [0.1, 0.15) is 33.5 Å². The third kappa shape index (κ3) is 16.9. The van der Waals surface area contributed by atoms with Crippen LogP contribution in [0.1, 0.15) is 0 Å². The van der Waals surface area contributed by atoms with Crippen LogP contribution in [-0.4, -0.2) is 44.9 Å². The van der Waals surface area contributed by atoms with Gasteiger partial charge in [-0.15, -0.1) is 0 Å². The monoisotopic (exact) mass is 1880 g/mol. The largest absolute Gasteiger partial charge is 0.455 e. The number of furan rings is 3. The van der Waals surface area contributed by atoms with Gasteiger partial charge < -0.3 is 13.3 Å². The highest BCUT2D eigenvalue weighted by Gasteiger charge is 2.26. The van der Waals surface area contributed by atoms with Crippen molar-refractivity contribution in [2.24, 2.45) is 0 Å². The molecule has 0 saturated heterocycles. The van der Waals surface area contributed by atoms with Crippen molar-refractivity contribution < 1.29 is 13.3 Å². The highest BCUT2D eigenvalue weighted by atomic mass is 16.3. The molecule has 6 aromatic heterocycles. The summed E-state index contributed by atoms with van der Waals surface area (Å²) in [7, 11) is 0. The van der Waals surface area contributed by atoms with Crippen molar-refractivity contribution in [1.29, 1.82) is 0 Å². The predicted molar refractivity (Wildman–Crippen MR) is 601 cm³/mol. The van der Waals surface area contributed by atoms with Crippen molar-refractivity contribution >= 4 is 98.1 Å². The zero-order valence-electron chi connectivity index (χ0n) is 79.3. The number of rotatable bonds is 16. The van der Waals surface area contributed by atoms with Crippen LogP contribution < -0.4 is 0 Å². The molecule has 12 heteroatoms. The third-order valence-corrected chi connectivity index (χ3v) is 27.4. The Morgan fingerprint density at radius 3 is 0.571 bits per heavy atom. The minimum atomic E-state index is 0.622. The maximum absolute atomic E-state index is 6.63. The Kier molecular flexibility index (Phi) is 22.7. The molecule has 0 fully saturated rings. The van der Waals surface area contributed by atoms with E-state index in [1.165, 1.54) is 49.5 Å². The zero-order valence-corrected chi connectivity index (χ0v) is 79.3. The lowest BCUT2D eigenvalue weighted by Crippen LogP contribution is -2.00. The van der Waals surface area contributed by atoms with Crippen molar-refractivity contribution in [2.75, 3.05) is 0 Å². The lowest BCUT2D eigenvalue weighted by atomic mass is 9.93. The lowest BCUT2D eigenvalue weighted by molar-refractivity contribution is 0.672. The molecule has 28 rings (SSSR count). The average molecular weight is 1880 g/mol. The highest BCUT2D eigenvalue weighted by molar-refractivity contribution is 6.25. The molecule has 28 aromatic rings. The number of nitrogens with zero attached hydrogens (tertiary/aromatic N) is 9. The summed E-state index contributed by atoms with van der Waals surface area (Å²) >= 11 is 0. The molecule has 0 unspecified atom stereocenters. The Hall–Kier alpha value is -20.0. The van der Waals surface area contributed by atoms with E-state index in [2.05, 4.69) is 358 Å². The third-order valence-electron chi connectivity index (χ3n) is 27.4. The molecule has 0 bridgehead atoms. The summed E-state index contributed by atoms with van der Waals surface area (Å²) < 4.78 is 19.9. The molecule has 688 valence electrons. The van der Waals surface area contributed by atoms with E-state index < -0.39 is 0 Å². The first-order valence-corrected chi connectivity index (χ1v) is 49.2. The van der Waals surface area contributed by atoms with Crippen LogP contribution in [0.5, 0.6) is 0 Å². The van der Waals surface area contributed by atoms with E-state index in [9.17, 15) is 0 Å². The van der Waals surface area contributed by atoms with Crippen LogP contribution in [0.4, 0.5) is 0 Å². The van der Waals surface area contributed by atoms with E-state index in [1.54, 1.807) is 0 Å². The summed E-state index contributed by atoms with van der Waals surface area (Å²) in [5.74, 6) is 5.73. The van der Waals surface area contributed by atoms with E-state index in [-0.39, 0.29) is 0 Å². The Morgan fingerprint density at radius 2 is 0.293 bits per heavy atom. The molecule has 0 atom stereocenters. The standard InChI is InChI=1S/C49H31N3O.2C43H27N3O/c1-4-14-32(15-5-1)37-20-12-21-38(30-37)49-51-47(35-18-8-3-9-19-35)50-48(52-49)36-28-26-34(27-29-36)39-24-13-25-44-45(39)43-31-42(33-16-6-2-7-17-33)40-22-10-11-23-41(40)46(43)53-44;1-4-14-28(15-5-1)36-27-37-39-33(24-13-25-38(39)47-40(37)35-23-11-10-22-34(35)36)31-20-12-21-32(26-31)43-45-41(29-16-6-2-7-17-29)44-42(46-43)30-18-8-3-9-19-30;1-4-13-28(14-5-1)36-27-37-39-33(21-12-22-38(39)47-40(37)35-20-11-10-19-34(35)36)29-23-25-32(26-24-29)43-45-41(30-15-6-2-7-16-30)44-42(46-43)31-17-8-3-9-18-31/h1-31H;2*1-27H. The van der Waals surface area contributed by atoms with Crippen LogP contribution in [0.3, 0.4) is 0 Å². The summed E-state index contributed by atoms with van der Waals surface area (Å²) in [6.45, 7) is 0. The van der Waals surface area contributed by atoms with Gasteiger partial charge in [0.15, 0.2) is 52.4 Å². The van der Waals surface area contributed by atoms with E-state index in [0.29, 0.717) is 52.4 Å². The fourth-order valence-corrected chi connectivity index (χ4v) is 20.4. The van der Waals surface area contributed by atoms with Gasteiger partial charge in [-0.25, -0.2) is 44.9 Å². The molecule has 0 saturated carbocycles. The van der Waals surface area contributed by atoms with Crippen LogP contribution in [-0.2, 0) is 0 Å². The molecule has 12 nitrogen and oxygen atoms in total. The second-order valence-corrected chi connectivity index (χ2v) is 36.4. The minimum absolute atomic E-state index is 0.622. The first kappa shape index (κ1) is 87.3. The number of fused-ring (bicyclic) bond motifs is 15. The van der Waals surface area contributed by atoms with E-state index >= 15 is 0 Å². The first-order valence-electron chi connectivity index (χ1n) is 49.2. The van der Waals surface area contributed by atoms with Crippen molar-refractivity contribution in [1.82, 2.24) is 44.9 Å². The number of hydrogen-bond donors (Lipinski definition) is 0. The molecular formula is C135H85N9O3. The van der Waals surface area contributed by atoms with Crippen LogP contribution >= 0.6 is 0 Å². The molecule has 6 heterocycles. The van der Waals surface area contributed by atoms with Crippen molar-refractivity contribution in [2.45, 2.75) is 0 Å². The maximum atomic E-state index is 6.63. The Bertz CT molecular complexity index is 9690. The molecule has 0 aliphatic heterocycles. The minimum Gasteiger partial charge on any atom is -0.455 e. The fourth-order valence-electron chi connectivity index (χ4n) is 20.4. The van der Waals surface area contributed by atoms with Crippen molar-refractivity contribution in [3.63, 3.8) is 0 Å². The molecule has 147 heavy (non-hydrogen) atoms. The molecule has 22 aromatic carbocycles. The normalized spacial score (nSPS) is 11.4. The van der Waals surface area contributed by atoms with Gasteiger partial charge in [-0.05, 0) is 143 Å². The van der Waals surface area contributed by atoms with E-state index in [0.717, 1.165) is 177 Å². The number of hydrogen-bond acceptors (Lipinski definition) is 12. The Morgan fingerprint density at radius 1 is 0.109 bits per heavy atom. The second kappa shape index (κ2) is 38.2. The number of benzene rings is 22.